The lowest BCUT2D eigenvalue weighted by Crippen LogP contribution is -2.37. The lowest BCUT2D eigenvalue weighted by Gasteiger charge is -2.21. The third-order valence-corrected chi connectivity index (χ3v) is 5.82. The molecule has 6 heteroatoms. The summed E-state index contributed by atoms with van der Waals surface area (Å²) in [5.74, 6) is 0.118. The van der Waals surface area contributed by atoms with Crippen LogP contribution in [0.2, 0.25) is 0 Å². The normalized spacial score (nSPS) is 17.3. The van der Waals surface area contributed by atoms with E-state index in [9.17, 15) is 13.2 Å². The molecule has 1 saturated heterocycles. The quantitative estimate of drug-likeness (QED) is 0.848. The summed E-state index contributed by atoms with van der Waals surface area (Å²) in [5, 5.41) is 0. The fourth-order valence-electron chi connectivity index (χ4n) is 2.63. The second kappa shape index (κ2) is 7.24. The van der Waals surface area contributed by atoms with E-state index in [1.807, 2.05) is 38.1 Å². The Labute approximate surface area is 133 Å². The van der Waals surface area contributed by atoms with Crippen LogP contribution in [-0.2, 0) is 20.6 Å². The monoisotopic (exact) mass is 324 g/mol. The zero-order valence-corrected chi connectivity index (χ0v) is 14.1. The highest BCUT2D eigenvalue weighted by Crippen LogP contribution is 2.15. The number of aryl methyl sites for hydroxylation is 1. The molecule has 2 rings (SSSR count). The van der Waals surface area contributed by atoms with Crippen LogP contribution in [0, 0.1) is 6.92 Å². The van der Waals surface area contributed by atoms with Crippen molar-refractivity contribution in [3.05, 3.63) is 35.4 Å². The van der Waals surface area contributed by atoms with Crippen LogP contribution < -0.4 is 0 Å². The molecule has 0 bridgehead atoms. The van der Waals surface area contributed by atoms with Gasteiger partial charge in [0.05, 0.1) is 5.75 Å². The third-order valence-electron chi connectivity index (χ3n) is 3.97. The van der Waals surface area contributed by atoms with Gasteiger partial charge in [-0.05, 0) is 18.9 Å². The van der Waals surface area contributed by atoms with Crippen molar-refractivity contribution in [2.45, 2.75) is 32.4 Å². The lowest BCUT2D eigenvalue weighted by atomic mass is 10.2. The van der Waals surface area contributed by atoms with Crippen LogP contribution in [-0.4, -0.2) is 49.7 Å². The van der Waals surface area contributed by atoms with Crippen molar-refractivity contribution < 1.29 is 13.2 Å². The van der Waals surface area contributed by atoms with Gasteiger partial charge >= 0.3 is 0 Å². The van der Waals surface area contributed by atoms with E-state index in [2.05, 4.69) is 0 Å². The first-order valence-corrected chi connectivity index (χ1v) is 9.34. The molecule has 1 amide bonds. The van der Waals surface area contributed by atoms with Crippen molar-refractivity contribution in [2.24, 2.45) is 0 Å². The summed E-state index contributed by atoms with van der Waals surface area (Å²) in [6.07, 6.45) is 1.16. The summed E-state index contributed by atoms with van der Waals surface area (Å²) in [6, 6.07) is 7.57. The molecular weight excluding hydrogens is 300 g/mol. The van der Waals surface area contributed by atoms with E-state index in [4.69, 9.17) is 0 Å². The Kier molecular flexibility index (Phi) is 5.58. The van der Waals surface area contributed by atoms with Gasteiger partial charge in [-0.2, -0.15) is 4.31 Å². The predicted molar refractivity (Wildman–Crippen MR) is 86.9 cm³/mol. The van der Waals surface area contributed by atoms with Gasteiger partial charge in [0.1, 0.15) is 0 Å². The van der Waals surface area contributed by atoms with Gasteiger partial charge in [0.15, 0.2) is 0 Å². The number of nitrogens with zero attached hydrogens (tertiary/aromatic N) is 2. The first kappa shape index (κ1) is 17.0. The van der Waals surface area contributed by atoms with Crippen molar-refractivity contribution in [1.29, 1.82) is 0 Å². The molecule has 1 heterocycles. The molecule has 1 fully saturated rings. The van der Waals surface area contributed by atoms with E-state index >= 15 is 0 Å². The van der Waals surface area contributed by atoms with Gasteiger partial charge in [-0.3, -0.25) is 4.79 Å². The summed E-state index contributed by atoms with van der Waals surface area (Å²) >= 11 is 0. The molecule has 122 valence electrons. The Bertz CT molecular complexity index is 611. The van der Waals surface area contributed by atoms with Crippen molar-refractivity contribution >= 4 is 15.9 Å². The minimum absolute atomic E-state index is 0.0228. The third kappa shape index (κ3) is 4.30. The standard InChI is InChI=1S/C16H24N2O3S/c1-3-16(19)17-9-4-10-18(12-11-17)22(20,21)13-15-7-5-14(2)6-8-15/h5-8H,3-4,9-13H2,1-2H3. The number of benzene rings is 1. The highest BCUT2D eigenvalue weighted by molar-refractivity contribution is 7.88. The average Bonchev–Trinajstić information content (AvgIpc) is 2.75. The van der Waals surface area contributed by atoms with E-state index < -0.39 is 10.0 Å². The number of sulfonamides is 1. The summed E-state index contributed by atoms with van der Waals surface area (Å²) in [6.45, 7) is 5.82. The first-order valence-electron chi connectivity index (χ1n) is 7.73. The minimum atomic E-state index is -3.33. The summed E-state index contributed by atoms with van der Waals surface area (Å²) < 4.78 is 26.6. The molecule has 0 radical (unpaired) electrons. The molecule has 0 atom stereocenters. The van der Waals surface area contributed by atoms with Crippen LogP contribution in [0.1, 0.15) is 30.9 Å². The maximum atomic E-state index is 12.6. The molecule has 1 aliphatic rings. The Morgan fingerprint density at radius 2 is 1.77 bits per heavy atom. The van der Waals surface area contributed by atoms with Gasteiger partial charge in [0, 0.05) is 32.6 Å². The highest BCUT2D eigenvalue weighted by Gasteiger charge is 2.26. The number of carbonyl (C=O) groups is 1. The summed E-state index contributed by atoms with van der Waals surface area (Å²) in [5.41, 5.74) is 1.92. The Morgan fingerprint density at radius 1 is 1.09 bits per heavy atom. The number of carbonyl (C=O) groups excluding carboxylic acids is 1. The molecule has 5 nitrogen and oxygen atoms in total. The van der Waals surface area contributed by atoms with Gasteiger partial charge in [-0.25, -0.2) is 8.42 Å². The molecule has 0 aliphatic carbocycles. The van der Waals surface area contributed by atoms with Crippen LogP contribution >= 0.6 is 0 Å². The molecule has 1 aromatic carbocycles. The van der Waals surface area contributed by atoms with Crippen molar-refractivity contribution in [3.8, 4) is 0 Å². The second-order valence-corrected chi connectivity index (χ2v) is 7.70. The van der Waals surface area contributed by atoms with Crippen LogP contribution in [0.5, 0.6) is 0 Å². The Morgan fingerprint density at radius 3 is 2.41 bits per heavy atom. The maximum Gasteiger partial charge on any atom is 0.222 e. The van der Waals surface area contributed by atoms with Crippen molar-refractivity contribution in [2.75, 3.05) is 26.2 Å². The highest BCUT2D eigenvalue weighted by atomic mass is 32.2. The van der Waals surface area contributed by atoms with Crippen LogP contribution in [0.15, 0.2) is 24.3 Å². The van der Waals surface area contributed by atoms with E-state index in [-0.39, 0.29) is 11.7 Å². The molecule has 0 unspecified atom stereocenters. The number of hydrogen-bond donors (Lipinski definition) is 0. The second-order valence-electron chi connectivity index (χ2n) is 5.73. The minimum Gasteiger partial charge on any atom is -0.341 e. The molecule has 22 heavy (non-hydrogen) atoms. The van der Waals surface area contributed by atoms with Gasteiger partial charge in [-0.1, -0.05) is 36.8 Å². The fourth-order valence-corrected chi connectivity index (χ4v) is 4.19. The van der Waals surface area contributed by atoms with Gasteiger partial charge in [0.25, 0.3) is 0 Å². The van der Waals surface area contributed by atoms with Gasteiger partial charge < -0.3 is 4.90 Å². The van der Waals surface area contributed by atoms with E-state index in [1.165, 1.54) is 4.31 Å². The lowest BCUT2D eigenvalue weighted by molar-refractivity contribution is -0.130. The smallest absolute Gasteiger partial charge is 0.222 e. The SMILES string of the molecule is CCC(=O)N1CCCN(S(=O)(=O)Cc2ccc(C)cc2)CC1. The van der Waals surface area contributed by atoms with E-state index in [0.29, 0.717) is 39.0 Å². The largest absolute Gasteiger partial charge is 0.341 e. The number of rotatable bonds is 4. The van der Waals surface area contributed by atoms with Gasteiger partial charge in [0.2, 0.25) is 15.9 Å². The van der Waals surface area contributed by atoms with Crippen LogP contribution in [0.25, 0.3) is 0 Å². The topological polar surface area (TPSA) is 57.7 Å². The number of hydrogen-bond acceptors (Lipinski definition) is 3. The molecule has 0 spiro atoms. The average molecular weight is 324 g/mol. The van der Waals surface area contributed by atoms with Gasteiger partial charge in [-0.15, -0.1) is 0 Å². The number of amides is 1. The van der Waals surface area contributed by atoms with Crippen molar-refractivity contribution in [3.63, 3.8) is 0 Å². The molecule has 0 aromatic heterocycles. The fraction of sp³-hybridized carbons (Fsp3) is 0.562. The Balaban J connectivity index is 2.03. The van der Waals surface area contributed by atoms with Crippen LogP contribution in [0.3, 0.4) is 0 Å². The van der Waals surface area contributed by atoms with Crippen LogP contribution in [0.4, 0.5) is 0 Å². The zero-order valence-electron chi connectivity index (χ0n) is 13.3. The Hall–Kier alpha value is -1.40. The molecular formula is C16H24N2O3S. The van der Waals surface area contributed by atoms with Crippen molar-refractivity contribution in [1.82, 2.24) is 9.21 Å². The zero-order chi connectivity index (χ0) is 16.2. The van der Waals surface area contributed by atoms with E-state index in [0.717, 1.165) is 11.1 Å². The summed E-state index contributed by atoms with van der Waals surface area (Å²) in [7, 11) is -3.33. The molecule has 0 N–H and O–H groups in total. The maximum absolute atomic E-state index is 12.6. The van der Waals surface area contributed by atoms with E-state index in [1.54, 1.807) is 4.90 Å². The first-order chi connectivity index (χ1) is 10.4. The molecule has 1 aromatic rings. The molecule has 0 saturated carbocycles. The summed E-state index contributed by atoms with van der Waals surface area (Å²) in [4.78, 5) is 13.5. The predicted octanol–water partition coefficient (Wildman–Crippen LogP) is 1.77. The molecule has 1 aliphatic heterocycles.